The monoisotopic (exact) mass is 331 g/mol. The van der Waals surface area contributed by atoms with Crippen LogP contribution in [0.3, 0.4) is 0 Å². The second-order valence-corrected chi connectivity index (χ2v) is 6.22. The van der Waals surface area contributed by atoms with Crippen LogP contribution < -0.4 is 11.1 Å². The quantitative estimate of drug-likeness (QED) is 0.742. The molecule has 1 aliphatic heterocycles. The van der Waals surface area contributed by atoms with Crippen molar-refractivity contribution >= 4 is 17.7 Å². The molecule has 0 atom stereocenters. The summed E-state index contributed by atoms with van der Waals surface area (Å²) in [5.41, 5.74) is 6.79. The molecule has 0 spiro atoms. The Kier molecular flexibility index (Phi) is 5.72. The maximum atomic E-state index is 12.4. The number of nitrogens with two attached hydrogens (primary N) is 1. The van der Waals surface area contributed by atoms with Crippen molar-refractivity contribution in [3.05, 3.63) is 35.4 Å². The van der Waals surface area contributed by atoms with E-state index in [1.165, 1.54) is 4.90 Å². The van der Waals surface area contributed by atoms with Crippen molar-refractivity contribution in [1.29, 1.82) is 0 Å². The van der Waals surface area contributed by atoms with E-state index in [2.05, 4.69) is 5.32 Å². The molecule has 6 heteroatoms. The Morgan fingerprint density at radius 1 is 1.12 bits per heavy atom. The van der Waals surface area contributed by atoms with Gasteiger partial charge in [-0.15, -0.1) is 0 Å². The molecule has 1 fully saturated rings. The molecule has 1 aliphatic rings. The van der Waals surface area contributed by atoms with Gasteiger partial charge in [0, 0.05) is 24.9 Å². The molecule has 0 saturated carbocycles. The minimum atomic E-state index is -0.385. The lowest BCUT2D eigenvalue weighted by molar-refractivity contribution is -0.139. The molecule has 3 N–H and O–H groups in total. The van der Waals surface area contributed by atoms with Gasteiger partial charge in [0.2, 0.25) is 11.8 Å². The van der Waals surface area contributed by atoms with E-state index in [1.54, 1.807) is 24.3 Å². The van der Waals surface area contributed by atoms with E-state index in [1.807, 2.05) is 13.8 Å². The molecular formula is C18H25N3O3. The highest BCUT2D eigenvalue weighted by Crippen LogP contribution is 2.17. The second-order valence-electron chi connectivity index (χ2n) is 6.22. The smallest absolute Gasteiger partial charge is 0.251 e. The standard InChI is InChI=1S/C18H25N3O3/c1-3-18(4-2,12-19)20-17(24)14-7-5-13(6-8-14)11-21-15(22)9-10-16(21)23/h5-8H,3-4,9-12,19H2,1-2H3,(H,20,24). The number of carbonyl (C=O) groups is 3. The lowest BCUT2D eigenvalue weighted by Crippen LogP contribution is -2.52. The first-order valence-electron chi connectivity index (χ1n) is 8.39. The minimum absolute atomic E-state index is 0.138. The topological polar surface area (TPSA) is 92.5 Å². The lowest BCUT2D eigenvalue weighted by Gasteiger charge is -2.31. The summed E-state index contributed by atoms with van der Waals surface area (Å²) in [6, 6.07) is 6.97. The Morgan fingerprint density at radius 2 is 1.67 bits per heavy atom. The predicted molar refractivity (Wildman–Crippen MR) is 91.1 cm³/mol. The van der Waals surface area contributed by atoms with E-state index in [0.29, 0.717) is 12.1 Å². The number of imide groups is 1. The Labute approximate surface area is 142 Å². The molecule has 24 heavy (non-hydrogen) atoms. The first kappa shape index (κ1) is 18.1. The number of hydrogen-bond donors (Lipinski definition) is 2. The van der Waals surface area contributed by atoms with Crippen molar-refractivity contribution < 1.29 is 14.4 Å². The molecule has 3 amide bonds. The summed E-state index contributed by atoms with van der Waals surface area (Å²) in [6.45, 7) is 4.66. The van der Waals surface area contributed by atoms with E-state index >= 15 is 0 Å². The lowest BCUT2D eigenvalue weighted by atomic mass is 9.92. The largest absolute Gasteiger partial charge is 0.345 e. The van der Waals surface area contributed by atoms with Gasteiger partial charge in [0.05, 0.1) is 12.1 Å². The molecule has 0 radical (unpaired) electrons. The van der Waals surface area contributed by atoms with Crippen molar-refractivity contribution in [1.82, 2.24) is 10.2 Å². The van der Waals surface area contributed by atoms with E-state index in [0.717, 1.165) is 18.4 Å². The molecule has 0 bridgehead atoms. The molecule has 6 nitrogen and oxygen atoms in total. The van der Waals surface area contributed by atoms with Crippen LogP contribution in [0.2, 0.25) is 0 Å². The summed E-state index contributed by atoms with van der Waals surface area (Å²) in [4.78, 5) is 37.0. The van der Waals surface area contributed by atoms with Gasteiger partial charge in [-0.2, -0.15) is 0 Å². The average Bonchev–Trinajstić information content (AvgIpc) is 2.92. The number of amides is 3. The number of carbonyl (C=O) groups excluding carboxylic acids is 3. The number of benzene rings is 1. The van der Waals surface area contributed by atoms with Gasteiger partial charge in [-0.25, -0.2) is 0 Å². The van der Waals surface area contributed by atoms with Crippen LogP contribution in [0.15, 0.2) is 24.3 Å². The Morgan fingerprint density at radius 3 is 2.12 bits per heavy atom. The first-order valence-corrected chi connectivity index (χ1v) is 8.39. The molecular weight excluding hydrogens is 306 g/mol. The van der Waals surface area contributed by atoms with Crippen LogP contribution in [0.1, 0.15) is 55.5 Å². The highest BCUT2D eigenvalue weighted by atomic mass is 16.2. The zero-order valence-corrected chi connectivity index (χ0v) is 14.3. The summed E-state index contributed by atoms with van der Waals surface area (Å²) >= 11 is 0. The van der Waals surface area contributed by atoms with Crippen molar-refractivity contribution in [2.24, 2.45) is 5.73 Å². The van der Waals surface area contributed by atoms with Gasteiger partial charge >= 0.3 is 0 Å². The Balaban J connectivity index is 2.05. The van der Waals surface area contributed by atoms with Crippen LogP contribution in [0.5, 0.6) is 0 Å². The first-order chi connectivity index (χ1) is 11.4. The van der Waals surface area contributed by atoms with Crippen LogP contribution in [-0.4, -0.2) is 34.7 Å². The third-order valence-corrected chi connectivity index (χ3v) is 4.83. The van der Waals surface area contributed by atoms with Crippen LogP contribution in [0, 0.1) is 0 Å². The fourth-order valence-corrected chi connectivity index (χ4v) is 2.82. The maximum Gasteiger partial charge on any atom is 0.251 e. The van der Waals surface area contributed by atoms with Crippen LogP contribution >= 0.6 is 0 Å². The zero-order valence-electron chi connectivity index (χ0n) is 14.3. The van der Waals surface area contributed by atoms with Crippen molar-refractivity contribution in [2.45, 2.75) is 51.6 Å². The summed E-state index contributed by atoms with van der Waals surface area (Å²) in [5, 5.41) is 3.02. The van der Waals surface area contributed by atoms with Gasteiger partial charge in [0.25, 0.3) is 5.91 Å². The second kappa shape index (κ2) is 7.57. The van der Waals surface area contributed by atoms with Crippen LogP contribution in [-0.2, 0) is 16.1 Å². The van der Waals surface area contributed by atoms with Gasteiger partial charge in [-0.1, -0.05) is 26.0 Å². The molecule has 1 heterocycles. The third-order valence-electron chi connectivity index (χ3n) is 4.83. The summed E-state index contributed by atoms with van der Waals surface area (Å²) in [6.07, 6.45) is 2.11. The zero-order chi connectivity index (χ0) is 17.7. The summed E-state index contributed by atoms with van der Waals surface area (Å²) < 4.78 is 0. The molecule has 2 rings (SSSR count). The van der Waals surface area contributed by atoms with Gasteiger partial charge in [0.15, 0.2) is 0 Å². The van der Waals surface area contributed by atoms with Gasteiger partial charge in [-0.3, -0.25) is 19.3 Å². The van der Waals surface area contributed by atoms with E-state index in [-0.39, 0.29) is 42.6 Å². The highest BCUT2D eigenvalue weighted by Gasteiger charge is 2.29. The van der Waals surface area contributed by atoms with Gasteiger partial charge in [0.1, 0.15) is 0 Å². The van der Waals surface area contributed by atoms with E-state index in [4.69, 9.17) is 5.73 Å². The number of likely N-dealkylation sites (tertiary alicyclic amines) is 1. The molecule has 130 valence electrons. The predicted octanol–water partition coefficient (Wildman–Crippen LogP) is 1.58. The molecule has 1 aromatic carbocycles. The number of nitrogens with one attached hydrogen (secondary N) is 1. The molecule has 0 unspecified atom stereocenters. The highest BCUT2D eigenvalue weighted by molar-refractivity contribution is 6.01. The number of nitrogens with zero attached hydrogens (tertiary/aromatic N) is 1. The van der Waals surface area contributed by atoms with Gasteiger partial charge < -0.3 is 11.1 Å². The fraction of sp³-hybridized carbons (Fsp3) is 0.500. The summed E-state index contributed by atoms with van der Waals surface area (Å²) in [5.74, 6) is -0.440. The van der Waals surface area contributed by atoms with Crippen LogP contribution in [0.25, 0.3) is 0 Å². The minimum Gasteiger partial charge on any atom is -0.345 e. The molecule has 1 aromatic rings. The third kappa shape index (κ3) is 3.82. The normalized spacial score (nSPS) is 15.0. The molecule has 0 aromatic heterocycles. The Hall–Kier alpha value is -2.21. The SMILES string of the molecule is CCC(CC)(CN)NC(=O)c1ccc(CN2C(=O)CCC2=O)cc1. The van der Waals surface area contributed by atoms with Crippen LogP contribution in [0.4, 0.5) is 0 Å². The fourth-order valence-electron chi connectivity index (χ4n) is 2.82. The van der Waals surface area contributed by atoms with Crippen molar-refractivity contribution in [2.75, 3.05) is 6.54 Å². The average molecular weight is 331 g/mol. The van der Waals surface area contributed by atoms with Crippen molar-refractivity contribution in [3.63, 3.8) is 0 Å². The number of hydrogen-bond acceptors (Lipinski definition) is 4. The van der Waals surface area contributed by atoms with E-state index in [9.17, 15) is 14.4 Å². The maximum absolute atomic E-state index is 12.4. The molecule has 0 aliphatic carbocycles. The van der Waals surface area contributed by atoms with Gasteiger partial charge in [-0.05, 0) is 30.5 Å². The van der Waals surface area contributed by atoms with E-state index < -0.39 is 0 Å². The summed E-state index contributed by atoms with van der Waals surface area (Å²) in [7, 11) is 0. The number of rotatable bonds is 7. The molecule has 1 saturated heterocycles. The Bertz CT molecular complexity index is 597. The van der Waals surface area contributed by atoms with Crippen molar-refractivity contribution in [3.8, 4) is 0 Å².